The summed E-state index contributed by atoms with van der Waals surface area (Å²) < 4.78 is 15.1. The number of carbonyl (C=O) groups excluding carboxylic acids is 1. The third-order valence-electron chi connectivity index (χ3n) is 6.16. The summed E-state index contributed by atoms with van der Waals surface area (Å²) in [7, 11) is 10.4. The van der Waals surface area contributed by atoms with Crippen molar-refractivity contribution in [2.24, 2.45) is 0 Å². The second-order valence-electron chi connectivity index (χ2n) is 8.05. The van der Waals surface area contributed by atoms with Crippen molar-refractivity contribution in [3.63, 3.8) is 0 Å². The molecule has 4 rings (SSSR count). The lowest BCUT2D eigenvalue weighted by molar-refractivity contribution is 0.104. The first-order chi connectivity index (χ1) is 18.4. The van der Waals surface area contributed by atoms with E-state index >= 15 is 0 Å². The fourth-order valence-corrected chi connectivity index (χ4v) is 4.51. The lowest BCUT2D eigenvalue weighted by atomic mass is 10.0. The van der Waals surface area contributed by atoms with E-state index in [4.69, 9.17) is 8.83 Å². The maximum atomic E-state index is 14.5. The van der Waals surface area contributed by atoms with Gasteiger partial charge in [-0.05, 0) is 0 Å². The summed E-state index contributed by atoms with van der Waals surface area (Å²) in [6.45, 7) is 3.85. The number of hydrogen-bond acceptors (Lipinski definition) is 13. The van der Waals surface area contributed by atoms with E-state index in [0.717, 1.165) is 0 Å². The van der Waals surface area contributed by atoms with Crippen LogP contribution in [0.5, 0.6) is 0 Å². The number of nitrogens with one attached hydrogen (secondary N) is 6. The van der Waals surface area contributed by atoms with Gasteiger partial charge >= 0.3 is 0 Å². The van der Waals surface area contributed by atoms with Crippen LogP contribution in [0.1, 0.15) is 41.6 Å². The van der Waals surface area contributed by atoms with Crippen molar-refractivity contribution in [3.8, 4) is 23.2 Å². The molecule has 0 saturated heterocycles. The largest absolute Gasteiger partial charge is 0.419 e. The molecule has 0 saturated carbocycles. The van der Waals surface area contributed by atoms with Crippen molar-refractivity contribution in [1.29, 1.82) is 0 Å². The molecule has 0 bridgehead atoms. The van der Waals surface area contributed by atoms with Crippen molar-refractivity contribution in [2.75, 3.05) is 74.4 Å². The van der Waals surface area contributed by atoms with E-state index in [-0.39, 0.29) is 17.6 Å². The van der Waals surface area contributed by atoms with Gasteiger partial charge in [-0.2, -0.15) is 0 Å². The van der Waals surface area contributed by atoms with Gasteiger partial charge in [0.2, 0.25) is 17.6 Å². The zero-order chi connectivity index (χ0) is 27.6. The topological polar surface area (TPSA) is 177 Å². The predicted molar refractivity (Wildman–Crippen MR) is 146 cm³/mol. The summed E-state index contributed by atoms with van der Waals surface area (Å²) in [6.07, 6.45) is 1.17. The van der Waals surface area contributed by atoms with Crippen LogP contribution in [0.4, 0.5) is 23.0 Å². The van der Waals surface area contributed by atoms with Gasteiger partial charge in [0.1, 0.15) is 11.6 Å². The summed E-state index contributed by atoms with van der Waals surface area (Å²) in [5.41, 5.74) is 9.01. The van der Waals surface area contributed by atoms with E-state index in [1.807, 2.05) is 13.8 Å². The number of carbonyl (C=O) groups is 1. The van der Waals surface area contributed by atoms with E-state index < -0.39 is 0 Å². The van der Waals surface area contributed by atoms with Gasteiger partial charge in [0, 0.05) is 55.1 Å². The Morgan fingerprint density at radius 2 is 1.05 bits per heavy atom. The number of aromatic nitrogens is 6. The number of rotatable bonds is 12. The van der Waals surface area contributed by atoms with Gasteiger partial charge in [0.05, 0.1) is 22.5 Å². The quantitative estimate of drug-likeness (QED) is 0.148. The first-order valence-electron chi connectivity index (χ1n) is 12.3. The van der Waals surface area contributed by atoms with Crippen LogP contribution >= 0.6 is 0 Å². The van der Waals surface area contributed by atoms with Crippen molar-refractivity contribution in [2.45, 2.75) is 26.7 Å². The second-order valence-corrected chi connectivity index (χ2v) is 8.05. The first-order valence-corrected chi connectivity index (χ1v) is 12.3. The highest BCUT2D eigenvalue weighted by Gasteiger charge is 2.36. The highest BCUT2D eigenvalue weighted by atomic mass is 16.4. The highest BCUT2D eigenvalue weighted by molar-refractivity contribution is 6.23. The number of ketones is 1. The Bertz CT molecular complexity index is 1340. The van der Waals surface area contributed by atoms with E-state index in [1.54, 1.807) is 51.6 Å². The van der Waals surface area contributed by atoms with Gasteiger partial charge in [0.25, 0.3) is 11.8 Å². The van der Waals surface area contributed by atoms with Crippen LogP contribution in [0.25, 0.3) is 23.2 Å². The van der Waals surface area contributed by atoms with Crippen molar-refractivity contribution in [3.05, 3.63) is 22.9 Å². The van der Waals surface area contributed by atoms with Gasteiger partial charge < -0.3 is 41.0 Å². The highest BCUT2D eigenvalue weighted by Crippen LogP contribution is 2.44. The number of anilines is 4. The summed E-state index contributed by atoms with van der Waals surface area (Å²) in [5, 5.41) is 29.3. The Kier molecular flexibility index (Phi) is 7.45. The normalized spacial score (nSPS) is 10.9. The molecule has 0 amide bonds. The Labute approximate surface area is 219 Å². The summed E-state index contributed by atoms with van der Waals surface area (Å²) in [5.74, 6) is 2.23. The molecular formula is C23H34N12O3. The van der Waals surface area contributed by atoms with Crippen LogP contribution in [0.3, 0.4) is 0 Å². The van der Waals surface area contributed by atoms with Gasteiger partial charge in [-0.3, -0.25) is 4.79 Å². The molecule has 0 spiro atoms. The zero-order valence-corrected chi connectivity index (χ0v) is 22.8. The monoisotopic (exact) mass is 526 g/mol. The standard InChI is InChI=1S/C23H34N12O3/c1-9-11-30-32-22(37-11)17-15(24-3)13(20(26-5)34(17)28-7)19(36)14-16(25-4)18(35(29-8)21(14)27-6)23-33-31-12(10-2)38-23/h24-29H,9-10H2,1-8H3. The van der Waals surface area contributed by atoms with Crippen LogP contribution in [-0.2, 0) is 12.8 Å². The van der Waals surface area contributed by atoms with Crippen LogP contribution in [0.2, 0.25) is 0 Å². The van der Waals surface area contributed by atoms with Crippen LogP contribution in [0.15, 0.2) is 8.83 Å². The molecule has 0 aliphatic carbocycles. The molecule has 4 aromatic rings. The molecule has 15 heteroatoms. The smallest absolute Gasteiger partial charge is 0.268 e. The summed E-state index contributed by atoms with van der Waals surface area (Å²) in [4.78, 5) is 14.5. The number of aryl methyl sites for hydroxylation is 2. The second kappa shape index (κ2) is 10.7. The van der Waals surface area contributed by atoms with Gasteiger partial charge in [-0.1, -0.05) is 13.8 Å². The van der Waals surface area contributed by atoms with Crippen molar-refractivity contribution >= 4 is 28.8 Å². The lowest BCUT2D eigenvalue weighted by Gasteiger charge is -2.12. The Balaban J connectivity index is 2.02. The molecule has 38 heavy (non-hydrogen) atoms. The number of nitrogens with zero attached hydrogens (tertiary/aromatic N) is 6. The predicted octanol–water partition coefficient (Wildman–Crippen LogP) is 2.26. The van der Waals surface area contributed by atoms with Crippen LogP contribution in [0, 0.1) is 0 Å². The molecule has 6 N–H and O–H groups in total. The van der Waals surface area contributed by atoms with Crippen molar-refractivity contribution < 1.29 is 13.6 Å². The fourth-order valence-electron chi connectivity index (χ4n) is 4.51. The molecule has 204 valence electrons. The fraction of sp³-hybridized carbons (Fsp3) is 0.435. The molecule has 0 fully saturated rings. The maximum absolute atomic E-state index is 14.5. The molecule has 4 aromatic heterocycles. The van der Waals surface area contributed by atoms with Gasteiger partial charge in [-0.15, -0.1) is 20.4 Å². The Morgan fingerprint density at radius 1 is 0.658 bits per heavy atom. The molecule has 0 aromatic carbocycles. The maximum Gasteiger partial charge on any atom is 0.268 e. The Hall–Kier alpha value is -4.69. The minimum atomic E-state index is -0.289. The lowest BCUT2D eigenvalue weighted by Crippen LogP contribution is -2.16. The SMILES string of the molecule is CCc1nnc(-c2c(NC)c(C(=O)c3c(NC)c(-c4nnc(CC)o4)n(NC)c3NC)c(NC)n2NC)o1. The average molecular weight is 527 g/mol. The van der Waals surface area contributed by atoms with Crippen LogP contribution < -0.4 is 32.1 Å². The zero-order valence-electron chi connectivity index (χ0n) is 22.8. The molecule has 4 heterocycles. The molecule has 0 aliphatic rings. The first kappa shape index (κ1) is 26.4. The third kappa shape index (κ3) is 3.95. The van der Waals surface area contributed by atoms with Gasteiger partial charge in [-0.25, -0.2) is 9.35 Å². The Morgan fingerprint density at radius 3 is 1.32 bits per heavy atom. The number of hydrogen-bond donors (Lipinski definition) is 6. The van der Waals surface area contributed by atoms with E-state index in [1.165, 1.54) is 0 Å². The van der Waals surface area contributed by atoms with E-state index in [9.17, 15) is 4.79 Å². The van der Waals surface area contributed by atoms with E-state index in [0.29, 0.717) is 70.1 Å². The minimum Gasteiger partial charge on any atom is -0.419 e. The minimum absolute atomic E-state index is 0.269. The van der Waals surface area contributed by atoms with Crippen molar-refractivity contribution in [1.82, 2.24) is 29.7 Å². The molecule has 0 atom stereocenters. The van der Waals surface area contributed by atoms with Gasteiger partial charge in [0.15, 0.2) is 11.4 Å². The molecule has 15 nitrogen and oxygen atoms in total. The molecule has 0 radical (unpaired) electrons. The molecular weight excluding hydrogens is 492 g/mol. The molecule has 0 aliphatic heterocycles. The summed E-state index contributed by atoms with van der Waals surface area (Å²) >= 11 is 0. The average Bonchev–Trinajstić information content (AvgIpc) is 3.72. The summed E-state index contributed by atoms with van der Waals surface area (Å²) in [6, 6.07) is 0. The third-order valence-corrected chi connectivity index (χ3v) is 6.16. The van der Waals surface area contributed by atoms with E-state index in [2.05, 4.69) is 52.5 Å². The van der Waals surface area contributed by atoms with Crippen LogP contribution in [-0.4, -0.2) is 77.8 Å². The molecule has 0 unspecified atom stereocenters.